The summed E-state index contributed by atoms with van der Waals surface area (Å²) in [4.78, 5) is 50.0. The van der Waals surface area contributed by atoms with Crippen molar-refractivity contribution in [2.45, 2.75) is 64.3 Å². The van der Waals surface area contributed by atoms with E-state index in [1.807, 2.05) is 48.2 Å². The molecule has 0 spiro atoms. The van der Waals surface area contributed by atoms with E-state index < -0.39 is 15.9 Å². The normalized spacial score (nSPS) is 12.8. The monoisotopic (exact) mass is 719 g/mol. The molecular weight excluding hydrogens is 675 g/mol. The molecule has 2 heterocycles. The molecule has 1 aliphatic heterocycles. The van der Waals surface area contributed by atoms with Crippen LogP contribution in [0.5, 0.6) is 0 Å². The first-order valence-electron chi connectivity index (χ1n) is 17.9. The fourth-order valence-corrected chi connectivity index (χ4v) is 7.71. The van der Waals surface area contributed by atoms with Crippen molar-refractivity contribution in [1.29, 1.82) is 0 Å². The van der Waals surface area contributed by atoms with Crippen LogP contribution in [0.15, 0.2) is 90.0 Å². The first-order chi connectivity index (χ1) is 25.0. The molecule has 11 heteroatoms. The summed E-state index contributed by atoms with van der Waals surface area (Å²) in [6.07, 6.45) is 6.02. The number of aromatic nitrogens is 2. The number of carbonyl (C=O) groups is 3. The number of amides is 3. The van der Waals surface area contributed by atoms with E-state index >= 15 is 0 Å². The van der Waals surface area contributed by atoms with Gasteiger partial charge in [-0.1, -0.05) is 75.2 Å². The second-order valence-corrected chi connectivity index (χ2v) is 15.1. The Morgan fingerprint density at radius 2 is 1.62 bits per heavy atom. The van der Waals surface area contributed by atoms with Crippen molar-refractivity contribution >= 4 is 38.5 Å². The van der Waals surface area contributed by atoms with E-state index in [-0.39, 0.29) is 33.5 Å². The lowest BCUT2D eigenvalue weighted by molar-refractivity contribution is 0.0732. The second-order valence-electron chi connectivity index (χ2n) is 13.5. The molecule has 0 bridgehead atoms. The predicted octanol–water partition coefficient (Wildman–Crippen LogP) is 6.91. The van der Waals surface area contributed by atoms with Crippen LogP contribution in [-0.2, 0) is 30.0 Å². The Balaban J connectivity index is 1.36. The van der Waals surface area contributed by atoms with Crippen LogP contribution in [0.3, 0.4) is 0 Å². The largest absolute Gasteiger partial charge is 0.337 e. The molecule has 6 rings (SSSR count). The summed E-state index contributed by atoms with van der Waals surface area (Å²) >= 11 is 0. The number of carbonyl (C=O) groups excluding carboxylic acids is 3. The van der Waals surface area contributed by atoms with E-state index in [2.05, 4.69) is 24.6 Å². The molecule has 4 aromatic carbocycles. The van der Waals surface area contributed by atoms with Gasteiger partial charge in [0, 0.05) is 50.6 Å². The van der Waals surface area contributed by atoms with Gasteiger partial charge in [-0.25, -0.2) is 18.1 Å². The molecule has 0 fully saturated rings. The number of aryl methyl sites for hydroxylation is 2. The molecule has 270 valence electrons. The van der Waals surface area contributed by atoms with E-state index in [0.29, 0.717) is 44.0 Å². The van der Waals surface area contributed by atoms with Crippen LogP contribution >= 0.6 is 0 Å². The third-order valence-electron chi connectivity index (χ3n) is 9.73. The molecule has 1 aliphatic rings. The van der Waals surface area contributed by atoms with Gasteiger partial charge < -0.3 is 14.4 Å². The Hall–Kier alpha value is -5.29. The van der Waals surface area contributed by atoms with E-state index in [0.717, 1.165) is 47.6 Å². The minimum Gasteiger partial charge on any atom is -0.337 e. The minimum atomic E-state index is -4.25. The molecule has 0 unspecified atom stereocenters. The summed E-state index contributed by atoms with van der Waals surface area (Å²) in [5, 5.41) is 1.66. The van der Waals surface area contributed by atoms with E-state index in [4.69, 9.17) is 4.98 Å². The minimum absolute atomic E-state index is 0.000805. The van der Waals surface area contributed by atoms with Crippen molar-refractivity contribution < 1.29 is 22.8 Å². The van der Waals surface area contributed by atoms with Gasteiger partial charge >= 0.3 is 0 Å². The van der Waals surface area contributed by atoms with Gasteiger partial charge in [0.15, 0.2) is 0 Å². The predicted molar refractivity (Wildman–Crippen MR) is 203 cm³/mol. The van der Waals surface area contributed by atoms with Crippen LogP contribution < -0.4 is 4.72 Å². The Morgan fingerprint density at radius 3 is 2.35 bits per heavy atom. The van der Waals surface area contributed by atoms with Crippen LogP contribution in [0.25, 0.3) is 22.2 Å². The number of nitrogens with zero attached hydrogens (tertiary/aromatic N) is 4. The SMILES string of the molecule is CCCCN(CCCC)C(=O)c1cn(C)c(-c2ccc(C(=O)NS(=O)(=O)c3ccc4cccc(C)c4c3)cc2C(=O)N2CCc3ccccc3C2)n1. The average molecular weight is 720 g/mol. The van der Waals surface area contributed by atoms with Crippen molar-refractivity contribution in [3.05, 3.63) is 119 Å². The molecular formula is C41H45N5O5S. The Kier molecular flexibility index (Phi) is 10.9. The fourth-order valence-electron chi connectivity index (χ4n) is 6.71. The number of benzene rings is 4. The lowest BCUT2D eigenvalue weighted by atomic mass is 9.97. The first kappa shape index (κ1) is 36.5. The molecule has 0 saturated heterocycles. The summed E-state index contributed by atoms with van der Waals surface area (Å²) in [6, 6.07) is 22.9. The number of hydrogen-bond acceptors (Lipinski definition) is 6. The Bertz CT molecular complexity index is 2250. The summed E-state index contributed by atoms with van der Waals surface area (Å²) in [7, 11) is -2.48. The molecule has 5 aromatic rings. The molecule has 1 aromatic heterocycles. The van der Waals surface area contributed by atoms with Crippen LogP contribution in [0.1, 0.15) is 87.4 Å². The number of imidazole rings is 1. The van der Waals surface area contributed by atoms with Crippen LogP contribution in [0.4, 0.5) is 0 Å². The molecule has 3 amide bonds. The highest BCUT2D eigenvalue weighted by Crippen LogP contribution is 2.29. The lowest BCUT2D eigenvalue weighted by Crippen LogP contribution is -2.36. The Morgan fingerprint density at radius 1 is 0.885 bits per heavy atom. The van der Waals surface area contributed by atoms with Crippen LogP contribution in [-0.4, -0.2) is 65.1 Å². The van der Waals surface area contributed by atoms with Crippen molar-refractivity contribution in [2.75, 3.05) is 19.6 Å². The second kappa shape index (κ2) is 15.5. The highest BCUT2D eigenvalue weighted by atomic mass is 32.2. The molecule has 10 nitrogen and oxygen atoms in total. The number of hydrogen-bond donors (Lipinski definition) is 1. The molecule has 0 atom stereocenters. The number of fused-ring (bicyclic) bond motifs is 2. The summed E-state index contributed by atoms with van der Waals surface area (Å²) in [6.45, 7) is 8.19. The van der Waals surface area contributed by atoms with Gasteiger partial charge in [0.05, 0.1) is 10.5 Å². The van der Waals surface area contributed by atoms with Gasteiger partial charge in [-0.05, 0) is 84.0 Å². The summed E-state index contributed by atoms with van der Waals surface area (Å²) < 4.78 is 30.9. The third kappa shape index (κ3) is 7.64. The van der Waals surface area contributed by atoms with Crippen molar-refractivity contribution in [1.82, 2.24) is 24.1 Å². The van der Waals surface area contributed by atoms with Gasteiger partial charge in [-0.3, -0.25) is 14.4 Å². The molecule has 0 saturated carbocycles. The zero-order chi connectivity index (χ0) is 37.0. The van der Waals surface area contributed by atoms with Gasteiger partial charge in [0.2, 0.25) is 0 Å². The maximum absolute atomic E-state index is 14.4. The number of sulfonamides is 1. The zero-order valence-corrected chi connectivity index (χ0v) is 31.0. The number of nitrogens with one attached hydrogen (secondary N) is 1. The Labute approximate surface area is 305 Å². The maximum Gasteiger partial charge on any atom is 0.274 e. The molecule has 1 N–H and O–H groups in total. The number of unbranched alkanes of at least 4 members (excludes halogenated alkanes) is 2. The first-order valence-corrected chi connectivity index (χ1v) is 19.4. The van der Waals surface area contributed by atoms with Gasteiger partial charge in [0.1, 0.15) is 11.5 Å². The lowest BCUT2D eigenvalue weighted by Gasteiger charge is -2.29. The highest BCUT2D eigenvalue weighted by Gasteiger charge is 2.28. The van der Waals surface area contributed by atoms with E-state index in [1.165, 1.54) is 23.8 Å². The smallest absolute Gasteiger partial charge is 0.274 e. The van der Waals surface area contributed by atoms with E-state index in [9.17, 15) is 22.8 Å². The molecule has 52 heavy (non-hydrogen) atoms. The highest BCUT2D eigenvalue weighted by molar-refractivity contribution is 7.90. The van der Waals surface area contributed by atoms with Crippen molar-refractivity contribution in [3.8, 4) is 11.4 Å². The number of rotatable bonds is 12. The average Bonchev–Trinajstić information content (AvgIpc) is 3.54. The zero-order valence-electron chi connectivity index (χ0n) is 30.2. The quantitative estimate of drug-likeness (QED) is 0.150. The molecule has 0 aliphatic carbocycles. The van der Waals surface area contributed by atoms with Crippen LogP contribution in [0.2, 0.25) is 0 Å². The third-order valence-corrected chi connectivity index (χ3v) is 11.1. The molecule has 0 radical (unpaired) electrons. The van der Waals surface area contributed by atoms with Gasteiger partial charge in [-0.2, -0.15) is 0 Å². The standard InChI is InChI=1S/C41H45N5O5S/c1-5-7-21-45(22-8-6-2)41(49)37-27-44(4)38(42-37)34-19-17-31(24-36(34)40(48)46-23-20-29-13-9-10-14-32(29)26-46)39(47)43-52(50,51)33-18-16-30-15-11-12-28(3)35(30)25-33/h9-19,24-25,27H,5-8,20-23,26H2,1-4H3,(H,43,47). The van der Waals surface area contributed by atoms with Crippen LogP contribution in [0, 0.1) is 6.92 Å². The van der Waals surface area contributed by atoms with Gasteiger partial charge in [-0.15, -0.1) is 0 Å². The van der Waals surface area contributed by atoms with Crippen molar-refractivity contribution in [2.24, 2.45) is 7.05 Å². The topological polar surface area (TPSA) is 122 Å². The van der Waals surface area contributed by atoms with Crippen molar-refractivity contribution in [3.63, 3.8) is 0 Å². The fraction of sp³-hybridized carbons (Fsp3) is 0.317. The summed E-state index contributed by atoms with van der Waals surface area (Å²) in [5.74, 6) is -0.974. The van der Waals surface area contributed by atoms with E-state index in [1.54, 1.807) is 40.9 Å². The van der Waals surface area contributed by atoms with Gasteiger partial charge in [0.25, 0.3) is 27.7 Å². The maximum atomic E-state index is 14.4. The summed E-state index contributed by atoms with van der Waals surface area (Å²) in [5.41, 5.74) is 4.02.